The topological polar surface area (TPSA) is 74.1 Å². The molecule has 2 amide bonds. The van der Waals surface area contributed by atoms with Crippen LogP contribution in [0.5, 0.6) is 0 Å². The minimum absolute atomic E-state index is 0.167. The van der Waals surface area contributed by atoms with Gasteiger partial charge >= 0.3 is 0 Å². The fourth-order valence-corrected chi connectivity index (χ4v) is 2.85. The quantitative estimate of drug-likeness (QED) is 0.745. The number of aromatic nitrogens is 1. The molecule has 1 unspecified atom stereocenters. The lowest BCUT2D eigenvalue weighted by atomic mass is 10.3. The van der Waals surface area contributed by atoms with E-state index < -0.39 is 5.25 Å². The zero-order chi connectivity index (χ0) is 13.3. The number of likely N-dealkylation sites (tertiary alicyclic amines) is 1. The Labute approximate surface area is 109 Å². The maximum atomic E-state index is 11.8. The third-order valence-corrected chi connectivity index (χ3v) is 3.90. The Morgan fingerprint density at radius 3 is 2.78 bits per heavy atom. The molecule has 1 atom stereocenters. The molecule has 92 valence electrons. The first-order chi connectivity index (χ1) is 8.52. The van der Waals surface area contributed by atoms with Gasteiger partial charge < -0.3 is 0 Å². The van der Waals surface area contributed by atoms with Crippen molar-refractivity contribution in [3.8, 4) is 6.07 Å². The highest BCUT2D eigenvalue weighted by Crippen LogP contribution is 2.31. The molecule has 2 heterocycles. The number of thioether (sulfide) groups is 1. The van der Waals surface area contributed by atoms with Crippen LogP contribution in [0.25, 0.3) is 0 Å². The average molecular weight is 261 g/mol. The van der Waals surface area contributed by atoms with Crippen LogP contribution >= 0.6 is 11.8 Å². The fourth-order valence-electron chi connectivity index (χ4n) is 1.66. The number of hydrogen-bond acceptors (Lipinski definition) is 5. The van der Waals surface area contributed by atoms with Crippen LogP contribution in [0.2, 0.25) is 0 Å². The average Bonchev–Trinajstić information content (AvgIpc) is 2.57. The first-order valence-electron chi connectivity index (χ1n) is 5.37. The van der Waals surface area contributed by atoms with Gasteiger partial charge in [0.05, 0.1) is 10.8 Å². The van der Waals surface area contributed by atoms with Gasteiger partial charge in [0.1, 0.15) is 11.1 Å². The van der Waals surface area contributed by atoms with Gasteiger partial charge in [0, 0.05) is 19.2 Å². The van der Waals surface area contributed by atoms with Crippen molar-refractivity contribution in [3.63, 3.8) is 0 Å². The maximum absolute atomic E-state index is 11.8. The maximum Gasteiger partial charge on any atom is 0.242 e. The second-order valence-corrected chi connectivity index (χ2v) is 5.21. The lowest BCUT2D eigenvalue weighted by Crippen LogP contribution is -2.26. The van der Waals surface area contributed by atoms with E-state index >= 15 is 0 Å². The molecule has 1 fully saturated rings. The van der Waals surface area contributed by atoms with E-state index in [9.17, 15) is 9.59 Å². The number of carbonyl (C=O) groups excluding carboxylic acids is 2. The Morgan fingerprint density at radius 1 is 1.50 bits per heavy atom. The number of imide groups is 1. The van der Waals surface area contributed by atoms with Gasteiger partial charge in [0.2, 0.25) is 11.8 Å². The summed E-state index contributed by atoms with van der Waals surface area (Å²) < 4.78 is 0. The Morgan fingerprint density at radius 2 is 2.22 bits per heavy atom. The van der Waals surface area contributed by atoms with Crippen LogP contribution < -0.4 is 0 Å². The molecule has 0 bridgehead atoms. The number of hydrogen-bond donors (Lipinski definition) is 0. The van der Waals surface area contributed by atoms with Gasteiger partial charge in [-0.05, 0) is 19.1 Å². The first kappa shape index (κ1) is 12.6. The van der Waals surface area contributed by atoms with Gasteiger partial charge in [-0.3, -0.25) is 14.5 Å². The molecule has 1 aromatic rings. The molecule has 0 aromatic carbocycles. The zero-order valence-corrected chi connectivity index (χ0v) is 10.8. The molecule has 0 aliphatic carbocycles. The molecule has 5 nitrogen and oxygen atoms in total. The van der Waals surface area contributed by atoms with Crippen LogP contribution in [-0.2, 0) is 9.59 Å². The van der Waals surface area contributed by atoms with E-state index in [1.165, 1.54) is 18.8 Å². The van der Waals surface area contributed by atoms with Gasteiger partial charge in [-0.25, -0.2) is 4.98 Å². The monoisotopic (exact) mass is 261 g/mol. The minimum atomic E-state index is -0.469. The summed E-state index contributed by atoms with van der Waals surface area (Å²) >= 11 is 1.19. The summed E-state index contributed by atoms with van der Waals surface area (Å²) in [6.07, 6.45) is 0.167. The number of carbonyl (C=O) groups is 2. The van der Waals surface area contributed by atoms with E-state index in [0.717, 1.165) is 10.6 Å². The van der Waals surface area contributed by atoms with Crippen LogP contribution in [0, 0.1) is 18.3 Å². The number of pyridine rings is 1. The van der Waals surface area contributed by atoms with Gasteiger partial charge in [0.25, 0.3) is 0 Å². The molecule has 1 aromatic heterocycles. The van der Waals surface area contributed by atoms with Crippen molar-refractivity contribution in [2.45, 2.75) is 23.6 Å². The lowest BCUT2D eigenvalue weighted by Gasteiger charge is -2.09. The molecule has 0 N–H and O–H groups in total. The largest absolute Gasteiger partial charge is 0.285 e. The molecule has 6 heteroatoms. The highest BCUT2D eigenvalue weighted by molar-refractivity contribution is 8.00. The summed E-state index contributed by atoms with van der Waals surface area (Å²) in [6, 6.07) is 5.46. The van der Waals surface area contributed by atoms with Crippen molar-refractivity contribution in [3.05, 3.63) is 23.4 Å². The molecule has 0 spiro atoms. The SMILES string of the molecule is Cc1ccc(C#N)c(SC2CC(=O)N(C)C2=O)n1. The van der Waals surface area contributed by atoms with Crippen molar-refractivity contribution in [2.24, 2.45) is 0 Å². The first-order valence-corrected chi connectivity index (χ1v) is 6.25. The molecule has 18 heavy (non-hydrogen) atoms. The molecule has 2 rings (SSSR count). The Kier molecular flexibility index (Phi) is 3.34. The van der Waals surface area contributed by atoms with E-state index in [-0.39, 0.29) is 18.2 Å². The van der Waals surface area contributed by atoms with Gasteiger partial charge in [-0.1, -0.05) is 11.8 Å². The highest BCUT2D eigenvalue weighted by atomic mass is 32.2. The van der Waals surface area contributed by atoms with E-state index in [2.05, 4.69) is 4.98 Å². The smallest absolute Gasteiger partial charge is 0.242 e. The number of nitriles is 1. The zero-order valence-electron chi connectivity index (χ0n) is 10.0. The van der Waals surface area contributed by atoms with Crippen molar-refractivity contribution >= 4 is 23.6 Å². The van der Waals surface area contributed by atoms with E-state index in [1.807, 2.05) is 13.0 Å². The van der Waals surface area contributed by atoms with Crippen LogP contribution in [0.1, 0.15) is 17.7 Å². The van der Waals surface area contributed by atoms with Crippen molar-refractivity contribution in [1.29, 1.82) is 5.26 Å². The molecular weight excluding hydrogens is 250 g/mol. The predicted octanol–water partition coefficient (Wildman–Crippen LogP) is 1.11. The number of aryl methyl sites for hydroxylation is 1. The van der Waals surface area contributed by atoms with Crippen LogP contribution in [0.15, 0.2) is 17.2 Å². The molecule has 1 aliphatic heterocycles. The fraction of sp³-hybridized carbons (Fsp3) is 0.333. The third-order valence-electron chi connectivity index (χ3n) is 2.71. The molecule has 1 saturated heterocycles. The van der Waals surface area contributed by atoms with Gasteiger partial charge in [0.15, 0.2) is 0 Å². The predicted molar refractivity (Wildman–Crippen MR) is 65.7 cm³/mol. The number of amides is 2. The summed E-state index contributed by atoms with van der Waals surface area (Å²) in [7, 11) is 1.47. The number of nitrogens with zero attached hydrogens (tertiary/aromatic N) is 3. The van der Waals surface area contributed by atoms with E-state index in [0.29, 0.717) is 10.6 Å². The highest BCUT2D eigenvalue weighted by Gasteiger charge is 2.37. The van der Waals surface area contributed by atoms with Crippen LogP contribution in [-0.4, -0.2) is 34.0 Å². The Hall–Kier alpha value is -1.87. The second-order valence-electron chi connectivity index (χ2n) is 4.02. The number of rotatable bonds is 2. The minimum Gasteiger partial charge on any atom is -0.285 e. The van der Waals surface area contributed by atoms with Gasteiger partial charge in [-0.15, -0.1) is 0 Å². The van der Waals surface area contributed by atoms with E-state index in [4.69, 9.17) is 5.26 Å². The van der Waals surface area contributed by atoms with Crippen molar-refractivity contribution < 1.29 is 9.59 Å². The molecule has 0 radical (unpaired) electrons. The van der Waals surface area contributed by atoms with Crippen LogP contribution in [0.4, 0.5) is 0 Å². The van der Waals surface area contributed by atoms with Gasteiger partial charge in [-0.2, -0.15) is 5.26 Å². The lowest BCUT2D eigenvalue weighted by molar-refractivity contribution is -0.136. The van der Waals surface area contributed by atoms with E-state index in [1.54, 1.807) is 12.1 Å². The Balaban J connectivity index is 2.25. The van der Waals surface area contributed by atoms with Crippen molar-refractivity contribution in [2.75, 3.05) is 7.05 Å². The summed E-state index contributed by atoms with van der Waals surface area (Å²) in [5.41, 5.74) is 1.21. The second kappa shape index (κ2) is 4.78. The standard InChI is InChI=1S/C12H11N3O2S/c1-7-3-4-8(6-13)11(14-7)18-9-5-10(16)15(2)12(9)17/h3-4,9H,5H2,1-2H3. The third kappa shape index (κ3) is 2.22. The van der Waals surface area contributed by atoms with Crippen LogP contribution in [0.3, 0.4) is 0 Å². The summed E-state index contributed by atoms with van der Waals surface area (Å²) in [5.74, 6) is -0.416. The molecule has 0 saturated carbocycles. The normalized spacial score (nSPS) is 19.2. The summed E-state index contributed by atoms with van der Waals surface area (Å²) in [6.45, 7) is 1.82. The Bertz CT molecular complexity index is 565. The summed E-state index contributed by atoms with van der Waals surface area (Å²) in [4.78, 5) is 28.6. The molecule has 1 aliphatic rings. The molecular formula is C12H11N3O2S. The van der Waals surface area contributed by atoms with Crippen molar-refractivity contribution in [1.82, 2.24) is 9.88 Å². The summed E-state index contributed by atoms with van der Waals surface area (Å²) in [5, 5.41) is 9.03.